The van der Waals surface area contributed by atoms with E-state index in [0.717, 1.165) is 0 Å². The number of hydrogen-bond acceptors (Lipinski definition) is 9. The van der Waals surface area contributed by atoms with E-state index in [-0.39, 0.29) is 18.2 Å². The number of aliphatic hydroxyl groups excluding tert-OH is 3. The lowest BCUT2D eigenvalue weighted by Gasteiger charge is -2.16. The number of fused-ring (bicyclic) bond motifs is 1. The summed E-state index contributed by atoms with van der Waals surface area (Å²) in [5, 5.41) is 30.5. The third kappa shape index (κ3) is 2.80. The number of nitrogens with zero attached hydrogens (tertiary/aromatic N) is 4. The van der Waals surface area contributed by atoms with Gasteiger partial charge in [0, 0.05) is 6.61 Å². The molecule has 5 N–H and O–H groups in total. The van der Waals surface area contributed by atoms with Crippen LogP contribution in [0.1, 0.15) is 13.2 Å². The molecular weight excluding hydrogens is 318 g/mol. The topological polar surface area (TPSA) is 149 Å². The summed E-state index contributed by atoms with van der Waals surface area (Å²) in [7, 11) is 0. The van der Waals surface area contributed by atoms with E-state index in [1.807, 2.05) is 6.92 Å². The second-order valence-corrected chi connectivity index (χ2v) is 5.30. The van der Waals surface area contributed by atoms with Gasteiger partial charge in [0.15, 0.2) is 17.7 Å². The standard InChI is InChI=1S/C14H19N5O5/c1-2-23-4-3-7(20)11-9(21)10(22)14(24-11)19-6-18-8-12(15)16-5-17-13(8)19/h3,5-6,9-11,14,20-22H,2,4H2,1H3,(H2,15,16,17)/t9-,10+,11+,14+/m0/s1. The van der Waals surface area contributed by atoms with Crippen molar-refractivity contribution >= 4 is 17.0 Å². The quantitative estimate of drug-likeness (QED) is 0.418. The van der Waals surface area contributed by atoms with Gasteiger partial charge in [-0.1, -0.05) is 0 Å². The highest BCUT2D eigenvalue weighted by Crippen LogP contribution is 2.34. The van der Waals surface area contributed by atoms with Gasteiger partial charge in [-0.15, -0.1) is 0 Å². The molecule has 1 fully saturated rings. The summed E-state index contributed by atoms with van der Waals surface area (Å²) in [6.45, 7) is 2.49. The summed E-state index contributed by atoms with van der Waals surface area (Å²) in [6, 6.07) is 0. The molecule has 0 amide bonds. The molecule has 3 rings (SSSR count). The van der Waals surface area contributed by atoms with Gasteiger partial charge in [0.25, 0.3) is 0 Å². The maximum absolute atomic E-state index is 10.3. The third-order valence-corrected chi connectivity index (χ3v) is 3.81. The van der Waals surface area contributed by atoms with Gasteiger partial charge in [0.1, 0.15) is 35.9 Å². The average molecular weight is 337 g/mol. The van der Waals surface area contributed by atoms with Crippen molar-refractivity contribution in [3.63, 3.8) is 0 Å². The number of ether oxygens (including phenoxy) is 2. The number of rotatable bonds is 5. The predicted octanol–water partition coefficient (Wildman–Crippen LogP) is -0.494. The molecule has 130 valence electrons. The SMILES string of the molecule is CCOCC=C(O)[C@H]1O[C@@H](n2cnc3c(N)ncnc32)[C@H](O)[C@@H]1O. The van der Waals surface area contributed by atoms with Gasteiger partial charge >= 0.3 is 0 Å². The summed E-state index contributed by atoms with van der Waals surface area (Å²) in [6.07, 6.45) is -0.618. The molecule has 4 atom stereocenters. The van der Waals surface area contributed by atoms with Crippen molar-refractivity contribution in [2.45, 2.75) is 31.5 Å². The van der Waals surface area contributed by atoms with Gasteiger partial charge in [-0.25, -0.2) is 15.0 Å². The lowest BCUT2D eigenvalue weighted by molar-refractivity contribution is -0.0344. The van der Waals surface area contributed by atoms with Crippen molar-refractivity contribution in [2.75, 3.05) is 18.9 Å². The van der Waals surface area contributed by atoms with E-state index in [1.54, 1.807) is 0 Å². The second-order valence-electron chi connectivity index (χ2n) is 5.30. The maximum Gasteiger partial charge on any atom is 0.167 e. The summed E-state index contributed by atoms with van der Waals surface area (Å²) >= 11 is 0. The summed E-state index contributed by atoms with van der Waals surface area (Å²) in [5.74, 6) is -0.0150. The third-order valence-electron chi connectivity index (χ3n) is 3.81. The molecule has 0 unspecified atom stereocenters. The molecule has 0 aliphatic carbocycles. The van der Waals surface area contributed by atoms with E-state index in [4.69, 9.17) is 15.2 Å². The Bertz CT molecular complexity index is 748. The predicted molar refractivity (Wildman–Crippen MR) is 82.9 cm³/mol. The smallest absolute Gasteiger partial charge is 0.167 e. The van der Waals surface area contributed by atoms with Crippen LogP contribution in [0.25, 0.3) is 11.2 Å². The molecule has 1 aliphatic heterocycles. The summed E-state index contributed by atoms with van der Waals surface area (Å²) in [5.41, 5.74) is 6.45. The van der Waals surface area contributed by atoms with Crippen molar-refractivity contribution in [2.24, 2.45) is 0 Å². The minimum absolute atomic E-state index is 0.174. The molecule has 10 heteroatoms. The fourth-order valence-electron chi connectivity index (χ4n) is 2.57. The van der Waals surface area contributed by atoms with Gasteiger partial charge in [-0.05, 0) is 13.0 Å². The first kappa shape index (κ1) is 16.6. The zero-order valence-electron chi connectivity index (χ0n) is 13.0. The van der Waals surface area contributed by atoms with Crippen molar-refractivity contribution < 1.29 is 24.8 Å². The maximum atomic E-state index is 10.3. The number of hydrogen-bond donors (Lipinski definition) is 4. The molecular formula is C14H19N5O5. The Balaban J connectivity index is 1.87. The number of anilines is 1. The van der Waals surface area contributed by atoms with Crippen LogP contribution in [0.3, 0.4) is 0 Å². The molecule has 0 saturated carbocycles. The minimum Gasteiger partial charge on any atom is -0.510 e. The largest absolute Gasteiger partial charge is 0.510 e. The van der Waals surface area contributed by atoms with Crippen LogP contribution in [-0.2, 0) is 9.47 Å². The molecule has 0 spiro atoms. The Morgan fingerprint density at radius 1 is 1.38 bits per heavy atom. The zero-order chi connectivity index (χ0) is 17.3. The van der Waals surface area contributed by atoms with Crippen LogP contribution in [0.4, 0.5) is 5.82 Å². The van der Waals surface area contributed by atoms with E-state index < -0.39 is 24.5 Å². The van der Waals surface area contributed by atoms with Crippen LogP contribution < -0.4 is 5.73 Å². The number of aliphatic hydroxyl groups is 3. The van der Waals surface area contributed by atoms with Gasteiger partial charge in [0.2, 0.25) is 0 Å². The number of nitrogen functional groups attached to an aromatic ring is 1. The zero-order valence-corrected chi connectivity index (χ0v) is 13.0. The number of imidazole rings is 1. The minimum atomic E-state index is -1.32. The normalized spacial score (nSPS) is 27.9. The molecule has 2 aromatic heterocycles. The Kier molecular flexibility index (Phi) is 4.62. The lowest BCUT2D eigenvalue weighted by Crippen LogP contribution is -2.32. The van der Waals surface area contributed by atoms with E-state index in [2.05, 4.69) is 15.0 Å². The fourth-order valence-corrected chi connectivity index (χ4v) is 2.57. The first-order valence-corrected chi connectivity index (χ1v) is 7.46. The van der Waals surface area contributed by atoms with Crippen LogP contribution in [0.5, 0.6) is 0 Å². The molecule has 24 heavy (non-hydrogen) atoms. The van der Waals surface area contributed by atoms with Gasteiger partial charge in [-0.3, -0.25) is 4.57 Å². The van der Waals surface area contributed by atoms with Crippen LogP contribution in [-0.4, -0.2) is 66.4 Å². The molecule has 10 nitrogen and oxygen atoms in total. The highest BCUT2D eigenvalue weighted by molar-refractivity contribution is 5.81. The fraction of sp³-hybridized carbons (Fsp3) is 0.500. The molecule has 0 radical (unpaired) electrons. The van der Waals surface area contributed by atoms with Crippen LogP contribution in [0.2, 0.25) is 0 Å². The molecule has 2 aromatic rings. The van der Waals surface area contributed by atoms with Crippen LogP contribution >= 0.6 is 0 Å². The molecule has 3 heterocycles. The molecule has 1 aliphatic rings. The highest BCUT2D eigenvalue weighted by atomic mass is 16.6. The lowest BCUT2D eigenvalue weighted by atomic mass is 10.1. The molecule has 0 bridgehead atoms. The Hall–Kier alpha value is -2.27. The van der Waals surface area contributed by atoms with Gasteiger partial charge in [-0.2, -0.15) is 0 Å². The van der Waals surface area contributed by atoms with E-state index in [9.17, 15) is 15.3 Å². The molecule has 1 saturated heterocycles. The van der Waals surface area contributed by atoms with Crippen molar-refractivity contribution in [1.82, 2.24) is 19.5 Å². The number of aromatic nitrogens is 4. The van der Waals surface area contributed by atoms with Crippen molar-refractivity contribution in [3.8, 4) is 0 Å². The number of nitrogens with two attached hydrogens (primary N) is 1. The highest BCUT2D eigenvalue weighted by Gasteiger charge is 2.46. The Morgan fingerprint density at radius 2 is 2.17 bits per heavy atom. The summed E-state index contributed by atoms with van der Waals surface area (Å²) < 4.78 is 12.2. The van der Waals surface area contributed by atoms with E-state index in [1.165, 1.54) is 23.3 Å². The summed E-state index contributed by atoms with van der Waals surface area (Å²) in [4.78, 5) is 12.0. The Morgan fingerprint density at radius 3 is 2.92 bits per heavy atom. The van der Waals surface area contributed by atoms with Crippen LogP contribution in [0.15, 0.2) is 24.5 Å². The van der Waals surface area contributed by atoms with Crippen molar-refractivity contribution in [3.05, 3.63) is 24.5 Å². The first-order valence-electron chi connectivity index (χ1n) is 7.46. The van der Waals surface area contributed by atoms with Crippen molar-refractivity contribution in [1.29, 1.82) is 0 Å². The second kappa shape index (κ2) is 6.69. The van der Waals surface area contributed by atoms with Crippen LogP contribution in [0, 0.1) is 0 Å². The van der Waals surface area contributed by atoms with E-state index >= 15 is 0 Å². The van der Waals surface area contributed by atoms with Gasteiger partial charge in [0.05, 0.1) is 12.9 Å². The van der Waals surface area contributed by atoms with E-state index in [0.29, 0.717) is 17.8 Å². The molecule has 0 aromatic carbocycles. The monoisotopic (exact) mass is 337 g/mol. The van der Waals surface area contributed by atoms with Gasteiger partial charge < -0.3 is 30.5 Å². The first-order chi connectivity index (χ1) is 11.5. The Labute approximate surface area is 137 Å². The average Bonchev–Trinajstić information content (AvgIpc) is 3.11.